The minimum Gasteiger partial charge on any atom is -0.456 e. The topological polar surface area (TPSA) is 55.6 Å². The molecule has 3 heterocycles. The summed E-state index contributed by atoms with van der Waals surface area (Å²) in [5.41, 5.74) is 13.3. The molecule has 0 spiro atoms. The largest absolute Gasteiger partial charge is 0.456 e. The van der Waals surface area contributed by atoms with Crippen LogP contribution in [0.4, 0.5) is 17.1 Å². The molecule has 5 nitrogen and oxygen atoms in total. The summed E-state index contributed by atoms with van der Waals surface area (Å²) < 4.78 is 19.3. The van der Waals surface area contributed by atoms with E-state index in [9.17, 15) is 0 Å². The number of hydrogen-bond donors (Lipinski definition) is 0. The van der Waals surface area contributed by atoms with Gasteiger partial charge in [-0.15, -0.1) is 0 Å². The van der Waals surface area contributed by atoms with Crippen LogP contribution >= 0.6 is 0 Å². The second-order valence-electron chi connectivity index (χ2n) is 13.5. The lowest BCUT2D eigenvalue weighted by atomic mass is 10.0. The number of fused-ring (bicyclic) bond motifs is 8. The summed E-state index contributed by atoms with van der Waals surface area (Å²) in [6.07, 6.45) is 0. The lowest BCUT2D eigenvalue weighted by Gasteiger charge is -2.26. The first-order valence-corrected chi connectivity index (χ1v) is 18.0. The van der Waals surface area contributed by atoms with E-state index in [4.69, 9.17) is 18.2 Å². The number of hydrogen-bond acceptors (Lipinski definition) is 5. The Hall–Kier alpha value is -7.37. The first-order chi connectivity index (χ1) is 26.7. The van der Waals surface area contributed by atoms with Gasteiger partial charge in [0.2, 0.25) is 5.89 Å². The highest BCUT2D eigenvalue weighted by Crippen LogP contribution is 2.43. The lowest BCUT2D eigenvalue weighted by Crippen LogP contribution is -2.10. The predicted molar refractivity (Wildman–Crippen MR) is 220 cm³/mol. The normalized spacial score (nSPS) is 11.7. The summed E-state index contributed by atoms with van der Waals surface area (Å²) in [7, 11) is 0. The van der Waals surface area contributed by atoms with Crippen LogP contribution in [-0.2, 0) is 0 Å². The van der Waals surface area contributed by atoms with E-state index in [-0.39, 0.29) is 0 Å². The van der Waals surface area contributed by atoms with Crippen molar-refractivity contribution in [3.63, 3.8) is 0 Å². The van der Waals surface area contributed by atoms with Crippen LogP contribution in [0.3, 0.4) is 0 Å². The van der Waals surface area contributed by atoms with E-state index in [1.54, 1.807) is 0 Å². The van der Waals surface area contributed by atoms with Crippen molar-refractivity contribution in [3.05, 3.63) is 182 Å². The SMILES string of the molecule is c1ccc(-c2ccc(N(c3ccc(-c4ccc5c(c4)oc4ccc6nc(-c7ccccc7)oc6c45)cc3)c3cccc4c3oc3ccccc34)cc2)cc1. The van der Waals surface area contributed by atoms with Crippen LogP contribution in [0, 0.1) is 0 Å². The fraction of sp³-hybridized carbons (Fsp3) is 0. The molecule has 0 bridgehead atoms. The zero-order valence-corrected chi connectivity index (χ0v) is 28.9. The number of furan rings is 2. The molecular formula is C49H30N2O3. The minimum absolute atomic E-state index is 0.599. The average Bonchev–Trinajstić information content (AvgIpc) is 3.96. The Labute approximate surface area is 309 Å². The number of oxazole rings is 1. The van der Waals surface area contributed by atoms with Crippen molar-refractivity contribution in [2.24, 2.45) is 0 Å². The molecule has 0 amide bonds. The van der Waals surface area contributed by atoms with E-state index in [1.165, 1.54) is 11.1 Å². The van der Waals surface area contributed by atoms with Gasteiger partial charge in [0.05, 0.1) is 11.1 Å². The number of aromatic nitrogens is 1. The minimum atomic E-state index is 0.599. The summed E-state index contributed by atoms with van der Waals surface area (Å²) in [6, 6.07) is 62.8. The van der Waals surface area contributed by atoms with E-state index in [0.717, 1.165) is 88.7 Å². The predicted octanol–water partition coefficient (Wildman–Crippen LogP) is 14.1. The molecule has 3 aromatic heterocycles. The monoisotopic (exact) mass is 694 g/mol. The molecule has 0 saturated carbocycles. The van der Waals surface area contributed by atoms with Crippen LogP contribution < -0.4 is 4.90 Å². The van der Waals surface area contributed by atoms with Crippen LogP contribution in [0.2, 0.25) is 0 Å². The summed E-state index contributed by atoms with van der Waals surface area (Å²) in [4.78, 5) is 7.05. The summed E-state index contributed by atoms with van der Waals surface area (Å²) in [6.45, 7) is 0. The van der Waals surface area contributed by atoms with E-state index < -0.39 is 0 Å². The van der Waals surface area contributed by atoms with E-state index in [0.29, 0.717) is 5.89 Å². The number of nitrogens with zero attached hydrogens (tertiary/aromatic N) is 2. The van der Waals surface area contributed by atoms with Crippen LogP contribution in [0.25, 0.3) is 88.7 Å². The molecule has 0 fully saturated rings. The molecule has 54 heavy (non-hydrogen) atoms. The van der Waals surface area contributed by atoms with Gasteiger partial charge in [0.1, 0.15) is 22.3 Å². The van der Waals surface area contributed by atoms with Gasteiger partial charge in [-0.1, -0.05) is 109 Å². The van der Waals surface area contributed by atoms with Crippen LogP contribution in [0.15, 0.2) is 195 Å². The van der Waals surface area contributed by atoms with Crippen LogP contribution in [0.5, 0.6) is 0 Å². The third kappa shape index (κ3) is 4.90. The smallest absolute Gasteiger partial charge is 0.227 e. The third-order valence-corrected chi connectivity index (χ3v) is 10.3. The molecule has 0 atom stereocenters. The van der Waals surface area contributed by atoms with Gasteiger partial charge in [0, 0.05) is 33.1 Å². The Kier molecular flexibility index (Phi) is 6.79. The second-order valence-corrected chi connectivity index (χ2v) is 13.5. The highest BCUT2D eigenvalue weighted by molar-refractivity contribution is 6.17. The Balaban J connectivity index is 0.997. The molecular weight excluding hydrogens is 665 g/mol. The van der Waals surface area contributed by atoms with Gasteiger partial charge in [-0.05, 0) is 95.1 Å². The van der Waals surface area contributed by atoms with Crippen molar-refractivity contribution in [3.8, 4) is 33.7 Å². The molecule has 0 saturated heterocycles. The average molecular weight is 695 g/mol. The maximum absolute atomic E-state index is 6.55. The molecule has 5 heteroatoms. The molecule has 0 radical (unpaired) electrons. The van der Waals surface area contributed by atoms with E-state index >= 15 is 0 Å². The fourth-order valence-corrected chi connectivity index (χ4v) is 7.70. The van der Waals surface area contributed by atoms with Crippen molar-refractivity contribution < 1.29 is 13.3 Å². The van der Waals surface area contributed by atoms with Gasteiger partial charge < -0.3 is 18.2 Å². The van der Waals surface area contributed by atoms with Crippen molar-refractivity contribution in [1.82, 2.24) is 4.98 Å². The van der Waals surface area contributed by atoms with Gasteiger partial charge in [0.25, 0.3) is 0 Å². The fourth-order valence-electron chi connectivity index (χ4n) is 7.70. The van der Waals surface area contributed by atoms with Crippen molar-refractivity contribution in [2.45, 2.75) is 0 Å². The Bertz CT molecular complexity index is 3140. The highest BCUT2D eigenvalue weighted by atomic mass is 16.4. The number of para-hydroxylation sites is 2. The maximum Gasteiger partial charge on any atom is 0.227 e. The first-order valence-electron chi connectivity index (χ1n) is 18.0. The lowest BCUT2D eigenvalue weighted by molar-refractivity contribution is 0.622. The zero-order chi connectivity index (χ0) is 35.6. The quantitative estimate of drug-likeness (QED) is 0.173. The Morgan fingerprint density at radius 2 is 1.00 bits per heavy atom. The van der Waals surface area contributed by atoms with Gasteiger partial charge in [-0.2, -0.15) is 0 Å². The standard InChI is InChI=1S/C49H30N2O3/c1-3-10-31(11-4-1)32-18-23-36(24-19-32)51(42-16-9-15-39-38-14-7-8-17-43(38)53-47(39)42)37-25-20-33(21-26-37)35-22-27-40-45(30-35)52-44-29-28-41-48(46(40)44)54-49(50-41)34-12-5-2-6-13-34/h1-30H. The number of rotatable bonds is 6. The highest BCUT2D eigenvalue weighted by Gasteiger charge is 2.21. The molecule has 11 rings (SSSR count). The third-order valence-electron chi connectivity index (χ3n) is 10.3. The molecule has 0 aliphatic heterocycles. The first kappa shape index (κ1) is 30.3. The molecule has 0 aliphatic rings. The van der Waals surface area contributed by atoms with Crippen LogP contribution in [-0.4, -0.2) is 4.98 Å². The Morgan fingerprint density at radius 1 is 0.370 bits per heavy atom. The molecule has 0 aliphatic carbocycles. The Morgan fingerprint density at radius 3 is 1.76 bits per heavy atom. The molecule has 254 valence electrons. The van der Waals surface area contributed by atoms with E-state index in [1.807, 2.05) is 60.7 Å². The van der Waals surface area contributed by atoms with Crippen molar-refractivity contribution >= 4 is 72.0 Å². The molecule has 11 aromatic rings. The number of benzene rings is 8. The van der Waals surface area contributed by atoms with Crippen molar-refractivity contribution in [1.29, 1.82) is 0 Å². The van der Waals surface area contributed by atoms with Gasteiger partial charge in [-0.25, -0.2) is 4.98 Å². The summed E-state index contributed by atoms with van der Waals surface area (Å²) >= 11 is 0. The summed E-state index contributed by atoms with van der Waals surface area (Å²) in [5.74, 6) is 0.599. The maximum atomic E-state index is 6.55. The molecule has 8 aromatic carbocycles. The molecule has 0 N–H and O–H groups in total. The number of anilines is 3. The van der Waals surface area contributed by atoms with Gasteiger partial charge >= 0.3 is 0 Å². The molecule has 0 unspecified atom stereocenters. The zero-order valence-electron chi connectivity index (χ0n) is 28.9. The summed E-state index contributed by atoms with van der Waals surface area (Å²) in [5, 5.41) is 4.12. The van der Waals surface area contributed by atoms with Crippen molar-refractivity contribution in [2.75, 3.05) is 4.90 Å². The van der Waals surface area contributed by atoms with Gasteiger partial charge in [0.15, 0.2) is 11.2 Å². The van der Waals surface area contributed by atoms with Gasteiger partial charge in [-0.3, -0.25) is 0 Å². The van der Waals surface area contributed by atoms with E-state index in [2.05, 4.69) is 126 Å². The van der Waals surface area contributed by atoms with Crippen LogP contribution in [0.1, 0.15) is 0 Å². The second kappa shape index (κ2) is 12.1.